The fraction of sp³-hybridized carbons (Fsp3) is 0.111. The fourth-order valence-electron chi connectivity index (χ4n) is 2.68. The molecular formula is C18H14Cl2N4O3. The Balaban J connectivity index is 2.09. The lowest BCUT2D eigenvalue weighted by atomic mass is 10.1. The molecule has 0 aliphatic carbocycles. The van der Waals surface area contributed by atoms with E-state index in [1.165, 1.54) is 36.9 Å². The highest BCUT2D eigenvalue weighted by atomic mass is 35.5. The number of benzene rings is 1. The van der Waals surface area contributed by atoms with Gasteiger partial charge in [0.25, 0.3) is 11.8 Å². The first-order chi connectivity index (χ1) is 12.8. The minimum absolute atomic E-state index is 0.0593. The first-order valence-corrected chi connectivity index (χ1v) is 8.58. The highest BCUT2D eigenvalue weighted by molar-refractivity contribution is 6.40. The second kappa shape index (κ2) is 7.38. The van der Waals surface area contributed by atoms with Gasteiger partial charge in [-0.3, -0.25) is 19.0 Å². The van der Waals surface area contributed by atoms with E-state index < -0.39 is 5.91 Å². The zero-order valence-corrected chi connectivity index (χ0v) is 15.9. The summed E-state index contributed by atoms with van der Waals surface area (Å²) in [6.07, 6.45) is 3.02. The molecule has 0 saturated carbocycles. The molecule has 0 fully saturated rings. The molecule has 3 rings (SSSR count). The van der Waals surface area contributed by atoms with E-state index in [9.17, 15) is 14.4 Å². The van der Waals surface area contributed by atoms with Gasteiger partial charge < -0.3 is 10.6 Å². The van der Waals surface area contributed by atoms with Gasteiger partial charge in [-0.15, -0.1) is 0 Å². The molecule has 0 saturated heterocycles. The van der Waals surface area contributed by atoms with Gasteiger partial charge in [0.1, 0.15) is 5.82 Å². The topological polar surface area (TPSA) is 93.1 Å². The van der Waals surface area contributed by atoms with Crippen LogP contribution >= 0.6 is 23.2 Å². The molecular weight excluding hydrogens is 391 g/mol. The van der Waals surface area contributed by atoms with E-state index in [0.29, 0.717) is 16.7 Å². The van der Waals surface area contributed by atoms with Crippen LogP contribution in [-0.2, 0) is 4.79 Å². The van der Waals surface area contributed by atoms with Gasteiger partial charge in [0.05, 0.1) is 21.1 Å². The molecule has 2 aromatic heterocycles. The standard InChI is InChI=1S/C18H14Cl2N4O3/c1-9(25)23-16-11-4-6-24(14(11)3-5-22-16)18(27)15-12(19)7-10(8-13(15)20)17(26)21-2/h3-8H,1-2H3,(H,21,26)(H,22,23,25). The molecule has 1 aromatic carbocycles. The number of nitrogens with one attached hydrogen (secondary N) is 2. The van der Waals surface area contributed by atoms with Crippen LogP contribution < -0.4 is 10.6 Å². The number of amides is 2. The lowest BCUT2D eigenvalue weighted by Crippen LogP contribution is -2.19. The summed E-state index contributed by atoms with van der Waals surface area (Å²) in [5, 5.41) is 5.80. The quantitative estimate of drug-likeness (QED) is 0.699. The minimum Gasteiger partial charge on any atom is -0.355 e. The molecule has 2 N–H and O–H groups in total. The molecule has 0 unspecified atom stereocenters. The van der Waals surface area contributed by atoms with E-state index in [2.05, 4.69) is 15.6 Å². The van der Waals surface area contributed by atoms with Crippen LogP contribution in [0, 0.1) is 0 Å². The first kappa shape index (κ1) is 18.9. The van der Waals surface area contributed by atoms with E-state index in [0.717, 1.165) is 0 Å². The Bertz CT molecular complexity index is 1070. The molecule has 9 heteroatoms. The maximum atomic E-state index is 13.0. The largest absolute Gasteiger partial charge is 0.355 e. The Morgan fingerprint density at radius 1 is 1.11 bits per heavy atom. The van der Waals surface area contributed by atoms with Crippen molar-refractivity contribution in [3.63, 3.8) is 0 Å². The minimum atomic E-state index is -0.469. The van der Waals surface area contributed by atoms with Crippen LogP contribution in [0.4, 0.5) is 5.82 Å². The first-order valence-electron chi connectivity index (χ1n) is 7.83. The number of hydrogen-bond donors (Lipinski definition) is 2. The molecule has 2 heterocycles. The average molecular weight is 405 g/mol. The summed E-state index contributed by atoms with van der Waals surface area (Å²) in [7, 11) is 1.48. The second-order valence-electron chi connectivity index (χ2n) is 5.66. The number of halogens is 2. The van der Waals surface area contributed by atoms with Crippen LogP contribution in [0.15, 0.2) is 36.7 Å². The van der Waals surface area contributed by atoms with Crippen molar-refractivity contribution >= 4 is 57.6 Å². The average Bonchev–Trinajstić information content (AvgIpc) is 3.05. The van der Waals surface area contributed by atoms with Crippen molar-refractivity contribution in [3.05, 3.63) is 57.8 Å². The van der Waals surface area contributed by atoms with Gasteiger partial charge >= 0.3 is 0 Å². The number of carbonyl (C=O) groups excluding carboxylic acids is 3. The van der Waals surface area contributed by atoms with Gasteiger partial charge in [-0.05, 0) is 24.3 Å². The third kappa shape index (κ3) is 3.51. The smallest absolute Gasteiger partial charge is 0.265 e. The summed E-state index contributed by atoms with van der Waals surface area (Å²) in [5.41, 5.74) is 0.848. The number of pyridine rings is 1. The SMILES string of the molecule is CNC(=O)c1cc(Cl)c(C(=O)n2ccc3c(NC(C)=O)nccc32)c(Cl)c1. The molecule has 3 aromatic rings. The van der Waals surface area contributed by atoms with E-state index in [-0.39, 0.29) is 33.0 Å². The molecule has 7 nitrogen and oxygen atoms in total. The van der Waals surface area contributed by atoms with Crippen LogP contribution in [0.2, 0.25) is 10.0 Å². The maximum absolute atomic E-state index is 13.0. The summed E-state index contributed by atoms with van der Waals surface area (Å²) < 4.78 is 1.36. The van der Waals surface area contributed by atoms with Gasteiger partial charge in [0, 0.05) is 37.3 Å². The van der Waals surface area contributed by atoms with Crippen molar-refractivity contribution < 1.29 is 14.4 Å². The molecule has 0 radical (unpaired) electrons. The Labute approximate surface area is 164 Å². The fourth-order valence-corrected chi connectivity index (χ4v) is 3.33. The maximum Gasteiger partial charge on any atom is 0.265 e. The summed E-state index contributed by atoms with van der Waals surface area (Å²) >= 11 is 12.5. The third-order valence-electron chi connectivity index (χ3n) is 3.88. The number of carbonyl (C=O) groups is 3. The lowest BCUT2D eigenvalue weighted by molar-refractivity contribution is -0.114. The lowest BCUT2D eigenvalue weighted by Gasteiger charge is -2.11. The Morgan fingerprint density at radius 2 is 1.78 bits per heavy atom. The predicted octanol–water partition coefficient (Wildman–Crippen LogP) is 3.35. The predicted molar refractivity (Wildman–Crippen MR) is 104 cm³/mol. The van der Waals surface area contributed by atoms with E-state index in [4.69, 9.17) is 23.2 Å². The number of hydrogen-bond acceptors (Lipinski definition) is 4. The number of aromatic nitrogens is 2. The Morgan fingerprint density at radius 3 is 2.37 bits per heavy atom. The van der Waals surface area contributed by atoms with Gasteiger partial charge in [0.2, 0.25) is 5.91 Å². The zero-order chi connectivity index (χ0) is 19.7. The number of anilines is 1. The van der Waals surface area contributed by atoms with E-state index in [1.54, 1.807) is 18.3 Å². The van der Waals surface area contributed by atoms with Gasteiger partial charge in [-0.2, -0.15) is 0 Å². The summed E-state index contributed by atoms with van der Waals surface area (Å²) in [4.78, 5) is 40.2. The summed E-state index contributed by atoms with van der Waals surface area (Å²) in [6.45, 7) is 1.37. The molecule has 0 atom stereocenters. The molecule has 138 valence electrons. The number of rotatable bonds is 3. The van der Waals surface area contributed by atoms with Crippen molar-refractivity contribution in [2.75, 3.05) is 12.4 Å². The van der Waals surface area contributed by atoms with Crippen LogP contribution in [0.5, 0.6) is 0 Å². The third-order valence-corrected chi connectivity index (χ3v) is 4.47. The number of fused-ring (bicyclic) bond motifs is 1. The molecule has 0 aliphatic rings. The Hall–Kier alpha value is -2.90. The molecule has 0 spiro atoms. The highest BCUT2D eigenvalue weighted by Crippen LogP contribution is 2.30. The Kier molecular flexibility index (Phi) is 5.16. The zero-order valence-electron chi connectivity index (χ0n) is 14.3. The van der Waals surface area contributed by atoms with Crippen molar-refractivity contribution in [2.45, 2.75) is 6.92 Å². The van der Waals surface area contributed by atoms with E-state index in [1.807, 2.05) is 0 Å². The second-order valence-corrected chi connectivity index (χ2v) is 6.47. The molecule has 27 heavy (non-hydrogen) atoms. The molecule has 2 amide bonds. The summed E-state index contributed by atoms with van der Waals surface area (Å²) in [5.74, 6) is -0.762. The van der Waals surface area contributed by atoms with Crippen molar-refractivity contribution in [1.82, 2.24) is 14.9 Å². The monoisotopic (exact) mass is 404 g/mol. The van der Waals surface area contributed by atoms with Gasteiger partial charge in [-0.25, -0.2) is 4.98 Å². The molecule has 0 bridgehead atoms. The van der Waals surface area contributed by atoms with E-state index >= 15 is 0 Å². The normalized spacial score (nSPS) is 10.7. The van der Waals surface area contributed by atoms with Crippen LogP contribution in [-0.4, -0.2) is 34.3 Å². The highest BCUT2D eigenvalue weighted by Gasteiger charge is 2.21. The van der Waals surface area contributed by atoms with Crippen LogP contribution in [0.3, 0.4) is 0 Å². The summed E-state index contributed by atoms with van der Waals surface area (Å²) in [6, 6.07) is 6.07. The van der Waals surface area contributed by atoms with Gasteiger partial charge in [-0.1, -0.05) is 23.2 Å². The number of nitrogens with zero attached hydrogens (tertiary/aromatic N) is 2. The van der Waals surface area contributed by atoms with Crippen LogP contribution in [0.1, 0.15) is 27.6 Å². The van der Waals surface area contributed by atoms with Gasteiger partial charge in [0.15, 0.2) is 0 Å². The van der Waals surface area contributed by atoms with Crippen molar-refractivity contribution in [2.24, 2.45) is 0 Å². The van der Waals surface area contributed by atoms with Crippen molar-refractivity contribution in [1.29, 1.82) is 0 Å². The molecule has 0 aliphatic heterocycles. The van der Waals surface area contributed by atoms with Crippen LogP contribution in [0.25, 0.3) is 10.9 Å². The van der Waals surface area contributed by atoms with Crippen molar-refractivity contribution in [3.8, 4) is 0 Å².